The summed E-state index contributed by atoms with van der Waals surface area (Å²) >= 11 is 7.06. The number of carbonyl (C=O) groups excluding carboxylic acids is 1. The van der Waals surface area contributed by atoms with Gasteiger partial charge in [0, 0.05) is 11.6 Å². The largest absolute Gasteiger partial charge is 0.351 e. The van der Waals surface area contributed by atoms with Gasteiger partial charge in [0.05, 0.1) is 16.8 Å². The number of aromatic amines is 1. The SMILES string of the molecule is CC(C)(C)c1ccc(S(=O)(=O)c2cnc(SCC(=O)NCc3ccccc3Cl)[nH]c2=O)cc1. The van der Waals surface area contributed by atoms with Crippen molar-refractivity contribution in [2.45, 2.75) is 47.7 Å². The Morgan fingerprint density at radius 3 is 2.39 bits per heavy atom. The summed E-state index contributed by atoms with van der Waals surface area (Å²) in [6, 6.07) is 13.6. The molecule has 0 saturated carbocycles. The van der Waals surface area contributed by atoms with Crippen molar-refractivity contribution in [2.24, 2.45) is 0 Å². The topological polar surface area (TPSA) is 109 Å². The Balaban J connectivity index is 1.66. The average molecular weight is 506 g/mol. The summed E-state index contributed by atoms with van der Waals surface area (Å²) < 4.78 is 25.8. The molecule has 0 aliphatic heterocycles. The second-order valence-corrected chi connectivity index (χ2v) is 11.6. The van der Waals surface area contributed by atoms with Gasteiger partial charge in [0.15, 0.2) is 10.1 Å². The Bertz CT molecular complexity index is 1310. The maximum absolute atomic E-state index is 12.9. The number of rotatable bonds is 7. The number of hydrogen-bond donors (Lipinski definition) is 2. The third-order valence-corrected chi connectivity index (χ3v) is 7.86. The third kappa shape index (κ3) is 6.25. The van der Waals surface area contributed by atoms with Crippen molar-refractivity contribution in [3.8, 4) is 0 Å². The standard InChI is InChI=1S/C23H24ClN3O4S2/c1-23(2,3)16-8-10-17(11-9-16)33(30,31)19-13-26-22(27-21(19)29)32-14-20(28)25-12-15-6-4-5-7-18(15)24/h4-11,13H,12,14H2,1-3H3,(H,25,28)(H,26,27,29). The average Bonchev–Trinajstić information content (AvgIpc) is 2.76. The number of nitrogens with zero attached hydrogens (tertiary/aromatic N) is 1. The maximum Gasteiger partial charge on any atom is 0.270 e. The molecule has 3 aromatic rings. The van der Waals surface area contributed by atoms with E-state index in [1.165, 1.54) is 12.1 Å². The Hall–Kier alpha value is -2.62. The molecule has 0 aliphatic rings. The molecule has 1 heterocycles. The highest BCUT2D eigenvalue weighted by molar-refractivity contribution is 7.99. The second kappa shape index (κ2) is 10.1. The maximum atomic E-state index is 12.9. The summed E-state index contributed by atoms with van der Waals surface area (Å²) in [5, 5.41) is 3.44. The van der Waals surface area contributed by atoms with E-state index in [2.05, 4.69) is 15.3 Å². The lowest BCUT2D eigenvalue weighted by atomic mass is 9.87. The molecule has 174 valence electrons. The number of thioether (sulfide) groups is 1. The third-order valence-electron chi connectivity index (χ3n) is 4.84. The van der Waals surface area contributed by atoms with Gasteiger partial charge in [-0.3, -0.25) is 9.59 Å². The van der Waals surface area contributed by atoms with E-state index in [0.717, 1.165) is 29.1 Å². The van der Waals surface area contributed by atoms with E-state index in [1.54, 1.807) is 24.3 Å². The van der Waals surface area contributed by atoms with E-state index in [0.29, 0.717) is 5.02 Å². The Labute approximate surface area is 201 Å². The van der Waals surface area contributed by atoms with Crippen molar-refractivity contribution in [3.05, 3.63) is 81.2 Å². The van der Waals surface area contributed by atoms with Crippen LogP contribution in [0.5, 0.6) is 0 Å². The van der Waals surface area contributed by atoms with E-state index in [4.69, 9.17) is 11.6 Å². The predicted molar refractivity (Wildman–Crippen MR) is 129 cm³/mol. The molecule has 10 heteroatoms. The lowest BCUT2D eigenvalue weighted by molar-refractivity contribution is -0.118. The van der Waals surface area contributed by atoms with Crippen LogP contribution in [-0.2, 0) is 26.6 Å². The second-order valence-electron chi connectivity index (χ2n) is 8.32. The van der Waals surface area contributed by atoms with Crippen LogP contribution in [0.15, 0.2) is 74.5 Å². The summed E-state index contributed by atoms with van der Waals surface area (Å²) in [7, 11) is -4.03. The van der Waals surface area contributed by atoms with Crippen LogP contribution in [0.1, 0.15) is 31.9 Å². The Morgan fingerprint density at radius 1 is 1.12 bits per heavy atom. The van der Waals surface area contributed by atoms with E-state index in [-0.39, 0.29) is 33.7 Å². The van der Waals surface area contributed by atoms with Crippen molar-refractivity contribution < 1.29 is 13.2 Å². The first-order valence-corrected chi connectivity index (χ1v) is 12.9. The van der Waals surface area contributed by atoms with Crippen molar-refractivity contribution in [2.75, 3.05) is 5.75 Å². The molecule has 0 spiro atoms. The van der Waals surface area contributed by atoms with E-state index in [9.17, 15) is 18.0 Å². The van der Waals surface area contributed by atoms with Gasteiger partial charge in [0.25, 0.3) is 5.56 Å². The molecule has 1 aromatic heterocycles. The van der Waals surface area contributed by atoms with Gasteiger partial charge in [0.1, 0.15) is 0 Å². The van der Waals surface area contributed by atoms with Crippen LogP contribution in [0.25, 0.3) is 0 Å². The number of sulfone groups is 1. The number of benzene rings is 2. The van der Waals surface area contributed by atoms with Crippen molar-refractivity contribution in [1.82, 2.24) is 15.3 Å². The molecule has 0 radical (unpaired) electrons. The molecule has 2 aromatic carbocycles. The first kappa shape index (κ1) is 25.0. The first-order valence-electron chi connectivity index (χ1n) is 10.1. The minimum atomic E-state index is -4.03. The molecular formula is C23H24ClN3O4S2. The number of halogens is 1. The van der Waals surface area contributed by atoms with Gasteiger partial charge in [-0.2, -0.15) is 0 Å². The zero-order chi connectivity index (χ0) is 24.2. The molecule has 0 aliphatic carbocycles. The van der Waals surface area contributed by atoms with Gasteiger partial charge in [0.2, 0.25) is 15.7 Å². The number of amides is 1. The summed E-state index contributed by atoms with van der Waals surface area (Å²) in [5.74, 6) is -0.286. The highest BCUT2D eigenvalue weighted by Gasteiger charge is 2.23. The lowest BCUT2D eigenvalue weighted by Crippen LogP contribution is -2.25. The number of nitrogens with one attached hydrogen (secondary N) is 2. The van der Waals surface area contributed by atoms with Crippen LogP contribution in [-0.4, -0.2) is 30.0 Å². The summed E-state index contributed by atoms with van der Waals surface area (Å²) in [5.41, 5.74) is 0.853. The molecule has 2 N–H and O–H groups in total. The van der Waals surface area contributed by atoms with Gasteiger partial charge >= 0.3 is 0 Å². The number of carbonyl (C=O) groups is 1. The first-order chi connectivity index (χ1) is 15.5. The zero-order valence-electron chi connectivity index (χ0n) is 18.4. The monoisotopic (exact) mass is 505 g/mol. The number of hydrogen-bond acceptors (Lipinski definition) is 6. The van der Waals surface area contributed by atoms with Crippen LogP contribution in [0.4, 0.5) is 0 Å². The summed E-state index contributed by atoms with van der Waals surface area (Å²) in [6.07, 6.45) is 1.02. The van der Waals surface area contributed by atoms with Crippen LogP contribution in [0, 0.1) is 0 Å². The number of H-pyrrole nitrogens is 1. The van der Waals surface area contributed by atoms with E-state index in [1.807, 2.05) is 32.9 Å². The fourth-order valence-corrected chi connectivity index (χ4v) is 5.01. The molecule has 0 atom stereocenters. The van der Waals surface area contributed by atoms with Crippen molar-refractivity contribution >= 4 is 39.1 Å². The fraction of sp³-hybridized carbons (Fsp3) is 0.261. The highest BCUT2D eigenvalue weighted by atomic mass is 35.5. The molecule has 0 bridgehead atoms. The summed E-state index contributed by atoms with van der Waals surface area (Å²) in [6.45, 7) is 6.35. The van der Waals surface area contributed by atoms with Crippen LogP contribution < -0.4 is 10.9 Å². The minimum Gasteiger partial charge on any atom is -0.351 e. The molecule has 3 rings (SSSR count). The molecular weight excluding hydrogens is 482 g/mol. The van der Waals surface area contributed by atoms with Gasteiger partial charge < -0.3 is 10.3 Å². The van der Waals surface area contributed by atoms with Crippen molar-refractivity contribution in [3.63, 3.8) is 0 Å². The molecule has 0 fully saturated rings. The predicted octanol–water partition coefficient (Wildman–Crippen LogP) is 3.96. The summed E-state index contributed by atoms with van der Waals surface area (Å²) in [4.78, 5) is 30.6. The van der Waals surface area contributed by atoms with Crippen LogP contribution in [0.2, 0.25) is 5.02 Å². The normalized spacial score (nSPS) is 11.9. The van der Waals surface area contributed by atoms with Gasteiger partial charge in [-0.25, -0.2) is 13.4 Å². The minimum absolute atomic E-state index is 0.00620. The van der Waals surface area contributed by atoms with Crippen LogP contribution >= 0.6 is 23.4 Å². The van der Waals surface area contributed by atoms with Crippen LogP contribution in [0.3, 0.4) is 0 Å². The molecule has 0 unspecified atom stereocenters. The van der Waals surface area contributed by atoms with E-state index < -0.39 is 20.3 Å². The number of aromatic nitrogens is 2. The fourth-order valence-electron chi connectivity index (χ4n) is 2.91. The zero-order valence-corrected chi connectivity index (χ0v) is 20.8. The van der Waals surface area contributed by atoms with Gasteiger partial charge in [-0.15, -0.1) is 0 Å². The lowest BCUT2D eigenvalue weighted by Gasteiger charge is -2.19. The van der Waals surface area contributed by atoms with Crippen molar-refractivity contribution in [1.29, 1.82) is 0 Å². The highest BCUT2D eigenvalue weighted by Crippen LogP contribution is 2.25. The Morgan fingerprint density at radius 2 is 1.79 bits per heavy atom. The molecule has 33 heavy (non-hydrogen) atoms. The van der Waals surface area contributed by atoms with Gasteiger partial charge in [-0.1, -0.05) is 74.5 Å². The quantitative estimate of drug-likeness (QED) is 0.371. The Kier molecular flexibility index (Phi) is 7.66. The molecule has 7 nitrogen and oxygen atoms in total. The molecule has 0 saturated heterocycles. The smallest absolute Gasteiger partial charge is 0.270 e. The van der Waals surface area contributed by atoms with E-state index >= 15 is 0 Å². The van der Waals surface area contributed by atoms with Gasteiger partial charge in [-0.05, 0) is 34.7 Å². The molecule has 1 amide bonds.